The standard InChI is InChI=1S/C16H17N3O4S/c1-16(2,3)23-15(22)17-8-9(20)7-12(24)10-5-4-6-11-13(10)19-14(21)18-11/h4-6H,7-8H2,1-3H3,(H,17,22). The maximum absolute atomic E-state index is 12.0. The number of para-hydroxylation sites is 1. The summed E-state index contributed by atoms with van der Waals surface area (Å²) >= 11 is 5.27. The van der Waals surface area contributed by atoms with E-state index in [1.165, 1.54) is 0 Å². The molecule has 0 unspecified atom stereocenters. The molecule has 1 heterocycles. The van der Waals surface area contributed by atoms with Crippen molar-refractivity contribution in [3.05, 3.63) is 34.5 Å². The Kier molecular flexibility index (Phi) is 5.18. The largest absolute Gasteiger partial charge is 0.444 e. The summed E-state index contributed by atoms with van der Waals surface area (Å²) in [5.74, 6) is -0.273. The van der Waals surface area contributed by atoms with E-state index in [-0.39, 0.29) is 18.7 Å². The fraction of sp³-hybridized carbons (Fsp3) is 0.375. The Morgan fingerprint density at radius 1 is 1.25 bits per heavy atom. The van der Waals surface area contributed by atoms with Crippen molar-refractivity contribution < 1.29 is 19.1 Å². The zero-order valence-corrected chi connectivity index (χ0v) is 14.4. The molecule has 0 aromatic heterocycles. The molecule has 8 heteroatoms. The van der Waals surface area contributed by atoms with Gasteiger partial charge in [0.1, 0.15) is 11.0 Å². The molecule has 0 bridgehead atoms. The van der Waals surface area contributed by atoms with Gasteiger partial charge in [-0.1, -0.05) is 24.4 Å². The van der Waals surface area contributed by atoms with Crippen LogP contribution < -0.4 is 16.0 Å². The van der Waals surface area contributed by atoms with Crippen molar-refractivity contribution in [2.75, 3.05) is 6.54 Å². The lowest BCUT2D eigenvalue weighted by molar-refractivity contribution is -0.117. The molecule has 1 aromatic carbocycles. The van der Waals surface area contributed by atoms with Gasteiger partial charge in [-0.2, -0.15) is 9.98 Å². The van der Waals surface area contributed by atoms with Gasteiger partial charge < -0.3 is 10.1 Å². The minimum Gasteiger partial charge on any atom is -0.444 e. The van der Waals surface area contributed by atoms with Crippen LogP contribution in [-0.2, 0) is 9.53 Å². The van der Waals surface area contributed by atoms with Gasteiger partial charge in [0.15, 0.2) is 5.78 Å². The molecule has 126 valence electrons. The van der Waals surface area contributed by atoms with Crippen LogP contribution in [-0.4, -0.2) is 34.9 Å². The van der Waals surface area contributed by atoms with Crippen LogP contribution in [0.4, 0.5) is 9.59 Å². The van der Waals surface area contributed by atoms with E-state index >= 15 is 0 Å². The lowest BCUT2D eigenvalue weighted by Gasteiger charge is -2.19. The van der Waals surface area contributed by atoms with Crippen LogP contribution >= 0.6 is 12.2 Å². The molecular formula is C16H17N3O4S. The van der Waals surface area contributed by atoms with E-state index in [1.807, 2.05) is 0 Å². The van der Waals surface area contributed by atoms with Crippen molar-refractivity contribution in [2.45, 2.75) is 32.8 Å². The topological polar surface area (TPSA) is 97.2 Å². The van der Waals surface area contributed by atoms with Gasteiger partial charge in [0, 0.05) is 16.8 Å². The number of amides is 3. The molecule has 0 radical (unpaired) electrons. The maximum atomic E-state index is 12.0. The fourth-order valence-corrected chi connectivity index (χ4v) is 2.34. The first kappa shape index (κ1) is 17.9. The Bertz CT molecular complexity index is 840. The summed E-state index contributed by atoms with van der Waals surface area (Å²) in [5, 5.41) is 3.22. The van der Waals surface area contributed by atoms with Gasteiger partial charge in [-0.05, 0) is 26.8 Å². The zero-order chi connectivity index (χ0) is 17.9. The number of ketones is 1. The van der Waals surface area contributed by atoms with E-state index in [0.29, 0.717) is 21.1 Å². The molecule has 1 N–H and O–H groups in total. The van der Waals surface area contributed by atoms with Gasteiger partial charge in [-0.3, -0.25) is 4.79 Å². The molecule has 0 aliphatic carbocycles. The van der Waals surface area contributed by atoms with Gasteiger partial charge in [0.2, 0.25) is 0 Å². The number of nitrogens with one attached hydrogen (secondary N) is 1. The number of rotatable bonds is 5. The predicted molar refractivity (Wildman–Crippen MR) is 89.7 cm³/mol. The molecule has 1 aliphatic heterocycles. The second kappa shape index (κ2) is 6.96. The average Bonchev–Trinajstić information content (AvgIpc) is 2.83. The Labute approximate surface area is 143 Å². The number of thiocarbonyl (C=S) groups is 1. The molecular weight excluding hydrogens is 330 g/mol. The summed E-state index contributed by atoms with van der Waals surface area (Å²) in [6.45, 7) is 5.00. The van der Waals surface area contributed by atoms with Crippen LogP contribution in [0.1, 0.15) is 32.8 Å². The summed E-state index contributed by atoms with van der Waals surface area (Å²) < 4.78 is 5.05. The highest BCUT2D eigenvalue weighted by atomic mass is 32.1. The third-order valence-corrected chi connectivity index (χ3v) is 3.29. The first-order valence-electron chi connectivity index (χ1n) is 7.28. The van der Waals surface area contributed by atoms with Crippen LogP contribution in [0, 0.1) is 0 Å². The molecule has 0 saturated carbocycles. The average molecular weight is 347 g/mol. The molecule has 0 saturated heterocycles. The van der Waals surface area contributed by atoms with Gasteiger partial charge in [-0.25, -0.2) is 9.59 Å². The highest BCUT2D eigenvalue weighted by Crippen LogP contribution is 2.06. The van der Waals surface area contributed by atoms with Gasteiger partial charge in [0.05, 0.1) is 11.9 Å². The Balaban J connectivity index is 1.97. The van der Waals surface area contributed by atoms with E-state index in [2.05, 4.69) is 15.3 Å². The van der Waals surface area contributed by atoms with E-state index in [9.17, 15) is 14.4 Å². The first-order valence-corrected chi connectivity index (χ1v) is 7.69. The molecule has 3 amide bonds. The predicted octanol–water partition coefficient (Wildman–Crippen LogP) is 1.26. The highest BCUT2D eigenvalue weighted by Gasteiger charge is 2.18. The molecule has 2 rings (SSSR count). The minimum atomic E-state index is -0.665. The summed E-state index contributed by atoms with van der Waals surface area (Å²) in [5.41, 5.74) is -0.104. The van der Waals surface area contributed by atoms with E-state index in [1.54, 1.807) is 39.0 Å². The van der Waals surface area contributed by atoms with Crippen molar-refractivity contribution in [3.63, 3.8) is 0 Å². The minimum absolute atomic E-state index is 0.0503. The highest BCUT2D eigenvalue weighted by molar-refractivity contribution is 7.80. The SMILES string of the molecule is CC(C)(C)OC(=O)NCC(=O)CC(=S)c1cccc2c1=NC(=O)N=2. The smallest absolute Gasteiger partial charge is 0.408 e. The summed E-state index contributed by atoms with van der Waals surface area (Å²) in [4.78, 5) is 42.7. The normalized spacial score (nSPS) is 12.7. The quantitative estimate of drug-likeness (QED) is 0.639. The lowest BCUT2D eigenvalue weighted by Crippen LogP contribution is -2.36. The van der Waals surface area contributed by atoms with Crippen LogP contribution in [0.15, 0.2) is 28.2 Å². The monoisotopic (exact) mass is 347 g/mol. The van der Waals surface area contributed by atoms with E-state index in [4.69, 9.17) is 17.0 Å². The molecule has 0 fully saturated rings. The molecule has 24 heavy (non-hydrogen) atoms. The van der Waals surface area contributed by atoms with Crippen molar-refractivity contribution in [1.29, 1.82) is 0 Å². The van der Waals surface area contributed by atoms with Crippen LogP contribution in [0.5, 0.6) is 0 Å². The van der Waals surface area contributed by atoms with Crippen LogP contribution in [0.2, 0.25) is 0 Å². The van der Waals surface area contributed by atoms with Gasteiger partial charge >= 0.3 is 12.1 Å². The molecule has 1 aliphatic rings. The molecule has 7 nitrogen and oxygen atoms in total. The Hall–Kier alpha value is -2.48. The van der Waals surface area contributed by atoms with Gasteiger partial charge in [-0.15, -0.1) is 0 Å². The lowest BCUT2D eigenvalue weighted by atomic mass is 10.1. The van der Waals surface area contributed by atoms with Crippen molar-refractivity contribution in [3.8, 4) is 0 Å². The molecule has 1 aromatic rings. The van der Waals surface area contributed by atoms with E-state index in [0.717, 1.165) is 0 Å². The Morgan fingerprint density at radius 3 is 2.62 bits per heavy atom. The number of carbonyl (C=O) groups excluding carboxylic acids is 3. The fourth-order valence-electron chi connectivity index (χ4n) is 2.01. The Morgan fingerprint density at radius 2 is 1.96 bits per heavy atom. The van der Waals surface area contributed by atoms with Gasteiger partial charge in [0.25, 0.3) is 0 Å². The number of carbonyl (C=O) groups is 3. The van der Waals surface area contributed by atoms with Crippen LogP contribution in [0.3, 0.4) is 0 Å². The number of benzene rings is 1. The number of ether oxygens (including phenoxy) is 1. The number of hydrogen-bond acceptors (Lipinski definition) is 5. The third-order valence-electron chi connectivity index (χ3n) is 2.93. The first-order chi connectivity index (χ1) is 11.2. The number of fused-ring (bicyclic) bond motifs is 1. The second-order valence-corrected chi connectivity index (χ2v) is 6.67. The van der Waals surface area contributed by atoms with Crippen molar-refractivity contribution in [2.24, 2.45) is 9.98 Å². The number of hydrogen-bond donors (Lipinski definition) is 1. The molecule has 0 spiro atoms. The van der Waals surface area contributed by atoms with E-state index < -0.39 is 17.7 Å². The summed E-state index contributed by atoms with van der Waals surface area (Å²) in [6.07, 6.45) is -0.715. The maximum Gasteiger partial charge on any atom is 0.408 e. The summed E-state index contributed by atoms with van der Waals surface area (Å²) in [7, 11) is 0. The van der Waals surface area contributed by atoms with Crippen molar-refractivity contribution >= 4 is 35.0 Å². The third kappa shape index (κ3) is 4.76. The number of alkyl carbamates (subject to hydrolysis) is 1. The summed E-state index contributed by atoms with van der Waals surface area (Å²) in [6, 6.07) is 4.45. The van der Waals surface area contributed by atoms with Crippen LogP contribution in [0.25, 0.3) is 0 Å². The number of nitrogens with zero attached hydrogens (tertiary/aromatic N) is 2. The zero-order valence-electron chi connectivity index (χ0n) is 13.6. The molecule has 0 atom stereocenters. The van der Waals surface area contributed by atoms with Crippen molar-refractivity contribution in [1.82, 2.24) is 5.32 Å². The second-order valence-electron chi connectivity index (χ2n) is 6.17. The number of Topliss-reactive ketones (excluding diaryl/α,β-unsaturated/α-hetero) is 1. The number of urea groups is 1.